The molecule has 0 saturated carbocycles. The molecule has 2 rings (SSSR count). The Morgan fingerprint density at radius 3 is 3.36 bits per heavy atom. The number of hydrogen-bond donors (Lipinski definition) is 1. The summed E-state index contributed by atoms with van der Waals surface area (Å²) in [6, 6.07) is 2.01. The van der Waals surface area contributed by atoms with Crippen LogP contribution < -0.4 is 5.32 Å². The summed E-state index contributed by atoms with van der Waals surface area (Å²) in [5.41, 5.74) is 1.15. The Balaban J connectivity index is 2.32. The van der Waals surface area contributed by atoms with Crippen LogP contribution in [0.4, 0.5) is 5.82 Å². The van der Waals surface area contributed by atoms with E-state index in [9.17, 15) is 0 Å². The van der Waals surface area contributed by atoms with Crippen molar-refractivity contribution in [3.05, 3.63) is 11.8 Å². The predicted molar refractivity (Wildman–Crippen MR) is 41.4 cm³/mol. The van der Waals surface area contributed by atoms with E-state index in [-0.39, 0.29) is 0 Å². The average Bonchev–Trinajstić information content (AvgIpc) is 2.46. The van der Waals surface area contributed by atoms with Crippen molar-refractivity contribution in [1.29, 1.82) is 0 Å². The van der Waals surface area contributed by atoms with Gasteiger partial charge in [0.2, 0.25) is 0 Å². The van der Waals surface area contributed by atoms with Crippen LogP contribution in [0, 0.1) is 0 Å². The van der Waals surface area contributed by atoms with Gasteiger partial charge in [-0.15, -0.1) is 0 Å². The summed E-state index contributed by atoms with van der Waals surface area (Å²) in [7, 11) is 1.87. The quantitative estimate of drug-likeness (QED) is 0.637. The summed E-state index contributed by atoms with van der Waals surface area (Å²) in [5.74, 6) is 0.922. The first-order valence-electron chi connectivity index (χ1n) is 3.72. The zero-order valence-corrected chi connectivity index (χ0v) is 6.50. The maximum Gasteiger partial charge on any atom is 0.148 e. The summed E-state index contributed by atoms with van der Waals surface area (Å²) in [6.07, 6.45) is 0. The van der Waals surface area contributed by atoms with E-state index in [1.165, 1.54) is 0 Å². The maximum atomic E-state index is 5.27. The van der Waals surface area contributed by atoms with Crippen LogP contribution in [-0.4, -0.2) is 23.4 Å². The fourth-order valence-corrected chi connectivity index (χ4v) is 1.22. The number of aromatic nitrogens is 2. The predicted octanol–water partition coefficient (Wildman–Crippen LogP) is 0.455. The van der Waals surface area contributed by atoms with Crippen molar-refractivity contribution in [2.75, 3.05) is 19.0 Å². The molecule has 4 heteroatoms. The molecule has 0 unspecified atom stereocenters. The first-order chi connectivity index (χ1) is 5.40. The molecule has 11 heavy (non-hydrogen) atoms. The van der Waals surface area contributed by atoms with Crippen molar-refractivity contribution in [3.63, 3.8) is 0 Å². The van der Waals surface area contributed by atoms with Gasteiger partial charge in [-0.1, -0.05) is 0 Å². The standard InChI is InChI=1S/C7H11N3O/c1-8-7-4-6-5-11-3-2-10(6)9-7/h4H,2-3,5H2,1H3,(H,8,9). The van der Waals surface area contributed by atoms with Crippen molar-refractivity contribution in [1.82, 2.24) is 9.78 Å². The third-order valence-electron chi connectivity index (χ3n) is 1.82. The minimum Gasteiger partial charge on any atom is -0.373 e. The average molecular weight is 153 g/mol. The first-order valence-corrected chi connectivity index (χ1v) is 3.72. The SMILES string of the molecule is CNc1cc2n(n1)CCOC2. The molecule has 0 aromatic carbocycles. The van der Waals surface area contributed by atoms with E-state index in [1.807, 2.05) is 17.8 Å². The summed E-state index contributed by atoms with van der Waals surface area (Å²) in [4.78, 5) is 0. The molecule has 1 N–H and O–H groups in total. The third kappa shape index (κ3) is 1.09. The van der Waals surface area contributed by atoms with Gasteiger partial charge < -0.3 is 10.1 Å². The molecule has 4 nitrogen and oxygen atoms in total. The fraction of sp³-hybridized carbons (Fsp3) is 0.571. The molecule has 2 heterocycles. The second-order valence-electron chi connectivity index (χ2n) is 2.55. The summed E-state index contributed by atoms with van der Waals surface area (Å²) >= 11 is 0. The molecule has 0 radical (unpaired) electrons. The molecule has 0 fully saturated rings. The Morgan fingerprint density at radius 1 is 1.73 bits per heavy atom. The van der Waals surface area contributed by atoms with Crippen LogP contribution >= 0.6 is 0 Å². The van der Waals surface area contributed by atoms with E-state index in [1.54, 1.807) is 0 Å². The van der Waals surface area contributed by atoms with Crippen LogP contribution in [0.5, 0.6) is 0 Å². The van der Waals surface area contributed by atoms with Gasteiger partial charge in [-0.3, -0.25) is 4.68 Å². The van der Waals surface area contributed by atoms with E-state index in [0.717, 1.165) is 24.7 Å². The number of nitrogens with one attached hydrogen (secondary N) is 1. The van der Waals surface area contributed by atoms with Gasteiger partial charge in [0.05, 0.1) is 25.5 Å². The van der Waals surface area contributed by atoms with Gasteiger partial charge in [0.1, 0.15) is 5.82 Å². The van der Waals surface area contributed by atoms with Crippen LogP contribution in [0.1, 0.15) is 5.69 Å². The summed E-state index contributed by atoms with van der Waals surface area (Å²) in [6.45, 7) is 2.34. The lowest BCUT2D eigenvalue weighted by molar-refractivity contribution is 0.0801. The molecule has 0 amide bonds. The minimum absolute atomic E-state index is 0.689. The van der Waals surface area contributed by atoms with Crippen LogP contribution in [0.15, 0.2) is 6.07 Å². The number of ether oxygens (including phenoxy) is 1. The Kier molecular flexibility index (Phi) is 1.54. The maximum absolute atomic E-state index is 5.27. The lowest BCUT2D eigenvalue weighted by Gasteiger charge is -2.12. The molecule has 1 aliphatic heterocycles. The molecule has 0 aliphatic carbocycles. The number of nitrogens with zero attached hydrogens (tertiary/aromatic N) is 2. The van der Waals surface area contributed by atoms with Crippen molar-refractivity contribution < 1.29 is 4.74 Å². The van der Waals surface area contributed by atoms with Gasteiger partial charge in [0.15, 0.2) is 0 Å². The second kappa shape index (κ2) is 2.54. The van der Waals surface area contributed by atoms with Gasteiger partial charge in [0, 0.05) is 13.1 Å². The number of anilines is 1. The third-order valence-corrected chi connectivity index (χ3v) is 1.82. The van der Waals surface area contributed by atoms with Crippen molar-refractivity contribution in [3.8, 4) is 0 Å². The highest BCUT2D eigenvalue weighted by molar-refractivity contribution is 5.34. The molecule has 1 aromatic heterocycles. The van der Waals surface area contributed by atoms with Crippen molar-refractivity contribution in [2.45, 2.75) is 13.2 Å². The van der Waals surface area contributed by atoms with Crippen LogP contribution in [0.2, 0.25) is 0 Å². The highest BCUT2D eigenvalue weighted by Crippen LogP contribution is 2.13. The second-order valence-corrected chi connectivity index (χ2v) is 2.55. The molecule has 0 bridgehead atoms. The largest absolute Gasteiger partial charge is 0.373 e. The zero-order chi connectivity index (χ0) is 7.68. The molecule has 0 saturated heterocycles. The van der Waals surface area contributed by atoms with Gasteiger partial charge in [-0.25, -0.2) is 0 Å². The Labute approximate surface area is 65.2 Å². The van der Waals surface area contributed by atoms with Crippen molar-refractivity contribution in [2.24, 2.45) is 0 Å². The lowest BCUT2D eigenvalue weighted by Crippen LogP contribution is -2.16. The van der Waals surface area contributed by atoms with Crippen LogP contribution in [0.3, 0.4) is 0 Å². The molecule has 0 atom stereocenters. The Hall–Kier alpha value is -1.03. The normalized spacial score (nSPS) is 16.1. The van der Waals surface area contributed by atoms with E-state index in [4.69, 9.17) is 4.74 Å². The smallest absolute Gasteiger partial charge is 0.148 e. The van der Waals surface area contributed by atoms with E-state index in [2.05, 4.69) is 10.4 Å². The molecule has 1 aromatic rings. The highest BCUT2D eigenvalue weighted by Gasteiger charge is 2.10. The van der Waals surface area contributed by atoms with E-state index >= 15 is 0 Å². The molecule has 60 valence electrons. The zero-order valence-electron chi connectivity index (χ0n) is 6.50. The summed E-state index contributed by atoms with van der Waals surface area (Å²) in [5, 5.41) is 7.29. The van der Waals surface area contributed by atoms with Gasteiger partial charge in [0.25, 0.3) is 0 Å². The number of rotatable bonds is 1. The number of fused-ring (bicyclic) bond motifs is 1. The van der Waals surface area contributed by atoms with E-state index < -0.39 is 0 Å². The topological polar surface area (TPSA) is 39.1 Å². The van der Waals surface area contributed by atoms with Crippen molar-refractivity contribution >= 4 is 5.82 Å². The van der Waals surface area contributed by atoms with E-state index in [0.29, 0.717) is 6.61 Å². The number of hydrogen-bond acceptors (Lipinski definition) is 3. The Morgan fingerprint density at radius 2 is 2.64 bits per heavy atom. The minimum atomic E-state index is 0.689. The summed E-state index contributed by atoms with van der Waals surface area (Å²) < 4.78 is 7.25. The molecular formula is C7H11N3O. The molecule has 0 spiro atoms. The van der Waals surface area contributed by atoms with Crippen LogP contribution in [0.25, 0.3) is 0 Å². The molecule has 1 aliphatic rings. The molecular weight excluding hydrogens is 142 g/mol. The Bertz CT molecular complexity index is 233. The van der Waals surface area contributed by atoms with Gasteiger partial charge in [-0.2, -0.15) is 5.10 Å². The van der Waals surface area contributed by atoms with Gasteiger partial charge in [-0.05, 0) is 0 Å². The fourth-order valence-electron chi connectivity index (χ4n) is 1.22. The van der Waals surface area contributed by atoms with Gasteiger partial charge >= 0.3 is 0 Å². The monoisotopic (exact) mass is 153 g/mol. The lowest BCUT2D eigenvalue weighted by atomic mass is 10.4. The van der Waals surface area contributed by atoms with Crippen LogP contribution in [-0.2, 0) is 17.9 Å². The first kappa shape index (κ1) is 6.67. The highest BCUT2D eigenvalue weighted by atomic mass is 16.5.